The van der Waals surface area contributed by atoms with E-state index in [1.54, 1.807) is 6.92 Å². The monoisotopic (exact) mass is 204 g/mol. The van der Waals surface area contributed by atoms with Gasteiger partial charge < -0.3 is 10.2 Å². The van der Waals surface area contributed by atoms with E-state index in [1.165, 1.54) is 4.90 Å². The van der Waals surface area contributed by atoms with Crippen molar-refractivity contribution in [2.24, 2.45) is 0 Å². The van der Waals surface area contributed by atoms with E-state index in [0.717, 1.165) is 0 Å². The molecule has 4 nitrogen and oxygen atoms in total. The molecule has 2 amide bonds. The molecule has 13 heavy (non-hydrogen) atoms. The molecule has 0 saturated carbocycles. The van der Waals surface area contributed by atoms with Crippen molar-refractivity contribution in [2.45, 2.75) is 6.92 Å². The average molecular weight is 205 g/mol. The molecule has 1 N–H and O–H groups in total. The van der Waals surface area contributed by atoms with Crippen molar-refractivity contribution in [1.82, 2.24) is 10.2 Å². The Bertz CT molecular complexity index is 206. The number of hydrogen-bond donors (Lipinski definition) is 1. The molecular formula is C8H13ClN2O2. The van der Waals surface area contributed by atoms with Crippen LogP contribution in [0, 0.1) is 0 Å². The predicted octanol–water partition coefficient (Wildman–Crippen LogP) is 0.333. The first-order chi connectivity index (χ1) is 6.11. The summed E-state index contributed by atoms with van der Waals surface area (Å²) in [7, 11) is 0. The van der Waals surface area contributed by atoms with Crippen LogP contribution in [0.1, 0.15) is 6.92 Å². The molecule has 0 aliphatic carbocycles. The van der Waals surface area contributed by atoms with Gasteiger partial charge in [-0.25, -0.2) is 0 Å². The molecular weight excluding hydrogens is 192 g/mol. The highest BCUT2D eigenvalue weighted by Crippen LogP contribution is 1.87. The van der Waals surface area contributed by atoms with Crippen molar-refractivity contribution in [1.29, 1.82) is 0 Å². The van der Waals surface area contributed by atoms with E-state index in [2.05, 4.69) is 11.9 Å². The number of halogens is 1. The van der Waals surface area contributed by atoms with Crippen molar-refractivity contribution in [3.8, 4) is 0 Å². The van der Waals surface area contributed by atoms with Gasteiger partial charge in [0.05, 0.1) is 6.00 Å². The zero-order chi connectivity index (χ0) is 10.3. The summed E-state index contributed by atoms with van der Waals surface area (Å²) in [6.45, 7) is 5.89. The molecule has 0 spiro atoms. The molecule has 0 aromatic rings. The van der Waals surface area contributed by atoms with Crippen LogP contribution in [0.3, 0.4) is 0 Å². The van der Waals surface area contributed by atoms with Crippen LogP contribution in [0.25, 0.3) is 0 Å². The summed E-state index contributed by atoms with van der Waals surface area (Å²) in [4.78, 5) is 22.6. The maximum absolute atomic E-state index is 11.0. The maximum atomic E-state index is 11.0. The summed E-state index contributed by atoms with van der Waals surface area (Å²) in [6.07, 6.45) is 0.639. The Morgan fingerprint density at radius 2 is 2.31 bits per heavy atom. The first-order valence-electron chi connectivity index (χ1n) is 3.80. The van der Waals surface area contributed by atoms with Crippen molar-refractivity contribution in [3.05, 3.63) is 12.2 Å². The minimum absolute atomic E-state index is 0.131. The minimum atomic E-state index is -0.208. The fraction of sp³-hybridized carbons (Fsp3) is 0.500. The van der Waals surface area contributed by atoms with Gasteiger partial charge in [0.2, 0.25) is 12.3 Å². The van der Waals surface area contributed by atoms with E-state index in [-0.39, 0.29) is 11.9 Å². The predicted molar refractivity (Wildman–Crippen MR) is 51.3 cm³/mol. The van der Waals surface area contributed by atoms with E-state index < -0.39 is 0 Å². The van der Waals surface area contributed by atoms with Gasteiger partial charge in [0.1, 0.15) is 0 Å². The van der Waals surface area contributed by atoms with E-state index in [4.69, 9.17) is 11.6 Å². The molecule has 0 unspecified atom stereocenters. The molecule has 74 valence electrons. The van der Waals surface area contributed by atoms with Gasteiger partial charge >= 0.3 is 0 Å². The van der Waals surface area contributed by atoms with E-state index in [1.807, 2.05) is 0 Å². The summed E-state index contributed by atoms with van der Waals surface area (Å²) in [5.41, 5.74) is 0.448. The van der Waals surface area contributed by atoms with Crippen LogP contribution in [0.15, 0.2) is 12.2 Å². The van der Waals surface area contributed by atoms with Gasteiger partial charge in [-0.2, -0.15) is 0 Å². The van der Waals surface area contributed by atoms with Gasteiger partial charge in [-0.05, 0) is 6.92 Å². The lowest BCUT2D eigenvalue weighted by Gasteiger charge is -2.13. The Hall–Kier alpha value is -1.03. The molecule has 0 atom stereocenters. The number of carbonyl (C=O) groups excluding carboxylic acids is 2. The molecule has 0 aliphatic rings. The fourth-order valence-corrected chi connectivity index (χ4v) is 0.780. The Morgan fingerprint density at radius 3 is 2.69 bits per heavy atom. The number of hydrogen-bond acceptors (Lipinski definition) is 2. The normalized spacial score (nSPS) is 9.08. The van der Waals surface area contributed by atoms with Crippen LogP contribution < -0.4 is 5.32 Å². The molecule has 5 heteroatoms. The zero-order valence-electron chi connectivity index (χ0n) is 7.55. The number of nitrogens with zero attached hydrogens (tertiary/aromatic N) is 1. The van der Waals surface area contributed by atoms with Crippen LogP contribution in [0.4, 0.5) is 0 Å². The maximum Gasteiger partial charge on any atom is 0.246 e. The second-order valence-electron chi connectivity index (χ2n) is 2.57. The minimum Gasteiger partial charge on any atom is -0.351 e. The molecule has 0 fully saturated rings. The summed E-state index contributed by atoms with van der Waals surface area (Å²) < 4.78 is 0. The van der Waals surface area contributed by atoms with E-state index in [9.17, 15) is 9.59 Å². The SMILES string of the molecule is C=C(C)C(=O)NCCN(C=O)CCl. The average Bonchev–Trinajstić information content (AvgIpc) is 2.12. The Kier molecular flexibility index (Phi) is 5.97. The van der Waals surface area contributed by atoms with Gasteiger partial charge in [-0.1, -0.05) is 6.58 Å². The standard InChI is InChI=1S/C8H13ClN2O2/c1-7(2)8(13)10-3-4-11(5-9)6-12/h6H,1,3-5H2,2H3,(H,10,13). The quantitative estimate of drug-likeness (QED) is 0.294. The highest BCUT2D eigenvalue weighted by atomic mass is 35.5. The smallest absolute Gasteiger partial charge is 0.246 e. The fourth-order valence-electron chi connectivity index (χ4n) is 0.605. The molecule has 0 saturated heterocycles. The van der Waals surface area contributed by atoms with Crippen LogP contribution in [0.5, 0.6) is 0 Å². The van der Waals surface area contributed by atoms with Crippen LogP contribution in [0.2, 0.25) is 0 Å². The Morgan fingerprint density at radius 1 is 1.69 bits per heavy atom. The van der Waals surface area contributed by atoms with Crippen molar-refractivity contribution in [2.75, 3.05) is 19.1 Å². The van der Waals surface area contributed by atoms with Gasteiger partial charge in [0.25, 0.3) is 0 Å². The molecule has 0 aromatic heterocycles. The summed E-state index contributed by atoms with van der Waals surface area (Å²) in [5, 5.41) is 2.58. The third kappa shape index (κ3) is 5.25. The van der Waals surface area contributed by atoms with Crippen molar-refractivity contribution < 1.29 is 9.59 Å². The van der Waals surface area contributed by atoms with Crippen molar-refractivity contribution >= 4 is 23.9 Å². The summed E-state index contributed by atoms with van der Waals surface area (Å²) >= 11 is 5.41. The Labute approximate surface area is 82.5 Å². The van der Waals surface area contributed by atoms with Crippen LogP contribution >= 0.6 is 11.6 Å². The number of amides is 2. The van der Waals surface area contributed by atoms with Crippen LogP contribution in [-0.2, 0) is 9.59 Å². The second kappa shape index (κ2) is 6.48. The third-order valence-electron chi connectivity index (χ3n) is 1.37. The van der Waals surface area contributed by atoms with E-state index >= 15 is 0 Å². The zero-order valence-corrected chi connectivity index (χ0v) is 8.30. The lowest BCUT2D eigenvalue weighted by molar-refractivity contribution is -0.119. The van der Waals surface area contributed by atoms with Gasteiger partial charge in [0, 0.05) is 18.7 Å². The van der Waals surface area contributed by atoms with Gasteiger partial charge in [0.15, 0.2) is 0 Å². The number of nitrogens with one attached hydrogen (secondary N) is 1. The van der Waals surface area contributed by atoms with Crippen molar-refractivity contribution in [3.63, 3.8) is 0 Å². The topological polar surface area (TPSA) is 49.4 Å². The number of carbonyl (C=O) groups is 2. The second-order valence-corrected chi connectivity index (χ2v) is 2.81. The molecule has 0 heterocycles. The lowest BCUT2D eigenvalue weighted by Crippen LogP contribution is -2.33. The van der Waals surface area contributed by atoms with Gasteiger partial charge in [-0.3, -0.25) is 9.59 Å². The molecule has 0 rings (SSSR count). The molecule has 0 radical (unpaired) electrons. The molecule has 0 aromatic carbocycles. The molecule has 0 bridgehead atoms. The highest BCUT2D eigenvalue weighted by molar-refractivity contribution is 6.18. The van der Waals surface area contributed by atoms with Crippen LogP contribution in [-0.4, -0.2) is 36.3 Å². The number of alkyl halides is 1. The summed E-state index contributed by atoms with van der Waals surface area (Å²) in [5.74, 6) is -0.208. The lowest BCUT2D eigenvalue weighted by atomic mass is 10.3. The Balaban J connectivity index is 3.60. The van der Waals surface area contributed by atoms with E-state index in [0.29, 0.717) is 25.1 Å². The van der Waals surface area contributed by atoms with Gasteiger partial charge in [-0.15, -0.1) is 11.6 Å². The highest BCUT2D eigenvalue weighted by Gasteiger charge is 2.02. The first kappa shape index (κ1) is 12.0. The third-order valence-corrected chi connectivity index (χ3v) is 1.68. The number of rotatable bonds is 6. The summed E-state index contributed by atoms with van der Waals surface area (Å²) in [6, 6.07) is 0.131. The molecule has 0 aliphatic heterocycles. The largest absolute Gasteiger partial charge is 0.351 e. The first-order valence-corrected chi connectivity index (χ1v) is 4.34.